The number of halogens is 3. The van der Waals surface area contributed by atoms with Crippen LogP contribution >= 0.6 is 36.4 Å². The Morgan fingerprint density at radius 3 is 2.75 bits per heavy atom. The zero-order chi connectivity index (χ0) is 15.6. The topological polar surface area (TPSA) is 54.0 Å². The third kappa shape index (κ3) is 4.73. The Morgan fingerprint density at radius 1 is 1.33 bits per heavy atom. The van der Waals surface area contributed by atoms with Crippen molar-refractivity contribution in [3.8, 4) is 0 Å². The van der Waals surface area contributed by atoms with Crippen LogP contribution in [0, 0.1) is 5.41 Å². The lowest BCUT2D eigenvalue weighted by Gasteiger charge is -2.34. The van der Waals surface area contributed by atoms with Gasteiger partial charge in [0.15, 0.2) is 0 Å². The van der Waals surface area contributed by atoms with Gasteiger partial charge in [-0.2, -0.15) is 0 Å². The van der Waals surface area contributed by atoms with Gasteiger partial charge in [-0.25, -0.2) is 0 Å². The summed E-state index contributed by atoms with van der Waals surface area (Å²) < 4.78 is 0. The van der Waals surface area contributed by atoms with Gasteiger partial charge in [0.05, 0.1) is 11.1 Å². The number of piperidine rings is 1. The van der Waals surface area contributed by atoms with Crippen molar-refractivity contribution in [3.63, 3.8) is 0 Å². The van der Waals surface area contributed by atoms with Crippen LogP contribution < -0.4 is 10.6 Å². The largest absolute Gasteiger partial charge is 0.351 e. The summed E-state index contributed by atoms with van der Waals surface area (Å²) in [6.07, 6.45) is 3.84. The maximum Gasteiger partial charge on any atom is 0.253 e. The highest BCUT2D eigenvalue weighted by molar-refractivity contribution is 6.32. The van der Waals surface area contributed by atoms with Crippen molar-refractivity contribution in [1.29, 1.82) is 0 Å². The molecule has 4 nitrogen and oxygen atoms in total. The lowest BCUT2D eigenvalue weighted by molar-refractivity contribution is 0.0924. The van der Waals surface area contributed by atoms with Gasteiger partial charge in [0.25, 0.3) is 5.91 Å². The summed E-state index contributed by atoms with van der Waals surface area (Å²) >= 11 is 6.13. The number of amides is 1. The molecule has 0 unspecified atom stereocenters. The number of fused-ring (bicyclic) bond motifs is 1. The molecule has 0 saturated carbocycles. The van der Waals surface area contributed by atoms with E-state index in [4.69, 9.17) is 11.6 Å². The van der Waals surface area contributed by atoms with Gasteiger partial charge in [-0.15, -0.1) is 24.8 Å². The third-order valence-electron chi connectivity index (χ3n) is 4.40. The molecule has 0 atom stereocenters. The molecule has 0 bridgehead atoms. The standard InChI is InChI=1S/C17H20ClN3O.2ClH/c1-17(4-7-19-8-5-17)11-21-16(22)14-10-13(18)9-12-3-2-6-20-15(12)14;;/h2-3,6,9-10,19H,4-5,7-8,11H2,1H3,(H,21,22);2*1H. The minimum Gasteiger partial charge on any atom is -0.351 e. The molecule has 1 aromatic carbocycles. The van der Waals surface area contributed by atoms with E-state index < -0.39 is 0 Å². The predicted molar refractivity (Wildman–Crippen MR) is 104 cm³/mol. The van der Waals surface area contributed by atoms with E-state index in [1.54, 1.807) is 12.3 Å². The van der Waals surface area contributed by atoms with Crippen LogP contribution in [0.15, 0.2) is 30.5 Å². The van der Waals surface area contributed by atoms with E-state index in [2.05, 4.69) is 22.5 Å². The summed E-state index contributed by atoms with van der Waals surface area (Å²) in [6, 6.07) is 7.28. The van der Waals surface area contributed by atoms with Gasteiger partial charge in [0, 0.05) is 23.2 Å². The second-order valence-electron chi connectivity index (χ2n) is 6.27. The van der Waals surface area contributed by atoms with Gasteiger partial charge < -0.3 is 10.6 Å². The van der Waals surface area contributed by atoms with Crippen molar-refractivity contribution in [2.45, 2.75) is 19.8 Å². The van der Waals surface area contributed by atoms with E-state index in [1.807, 2.05) is 18.2 Å². The van der Waals surface area contributed by atoms with Gasteiger partial charge in [-0.1, -0.05) is 24.6 Å². The molecule has 1 aliphatic rings. The molecular formula is C17H22Cl3N3O. The average molecular weight is 391 g/mol. The fourth-order valence-corrected chi connectivity index (χ4v) is 3.15. The molecule has 132 valence electrons. The number of benzene rings is 1. The van der Waals surface area contributed by atoms with Crippen molar-refractivity contribution in [2.24, 2.45) is 5.41 Å². The van der Waals surface area contributed by atoms with Crippen LogP contribution in [0.1, 0.15) is 30.1 Å². The van der Waals surface area contributed by atoms with Crippen LogP contribution in [0.25, 0.3) is 10.9 Å². The Morgan fingerprint density at radius 2 is 2.04 bits per heavy atom. The zero-order valence-corrected chi connectivity index (χ0v) is 15.9. The van der Waals surface area contributed by atoms with Gasteiger partial charge in [-0.05, 0) is 49.5 Å². The Labute approximate surface area is 159 Å². The van der Waals surface area contributed by atoms with Crippen LogP contribution in [0.2, 0.25) is 5.02 Å². The number of hydrogen-bond donors (Lipinski definition) is 2. The Balaban J connectivity index is 0.00000144. The molecule has 2 heterocycles. The first-order valence-electron chi connectivity index (χ1n) is 7.61. The first-order chi connectivity index (χ1) is 10.6. The molecule has 0 aliphatic carbocycles. The number of nitrogens with one attached hydrogen (secondary N) is 2. The highest BCUT2D eigenvalue weighted by Gasteiger charge is 2.27. The van der Waals surface area contributed by atoms with Crippen molar-refractivity contribution < 1.29 is 4.79 Å². The number of rotatable bonds is 3. The molecule has 1 aliphatic heterocycles. The average Bonchev–Trinajstić information content (AvgIpc) is 2.52. The maximum atomic E-state index is 12.6. The molecule has 2 aromatic rings. The van der Waals surface area contributed by atoms with Crippen LogP contribution in [-0.4, -0.2) is 30.5 Å². The fourth-order valence-electron chi connectivity index (χ4n) is 2.92. The fraction of sp³-hybridized carbons (Fsp3) is 0.412. The summed E-state index contributed by atoms with van der Waals surface area (Å²) in [6.45, 7) is 4.92. The van der Waals surface area contributed by atoms with Crippen LogP contribution in [0.5, 0.6) is 0 Å². The molecule has 1 fully saturated rings. The van der Waals surface area contributed by atoms with E-state index in [9.17, 15) is 4.79 Å². The minimum absolute atomic E-state index is 0. The smallest absolute Gasteiger partial charge is 0.253 e. The van der Waals surface area contributed by atoms with E-state index >= 15 is 0 Å². The molecule has 1 saturated heterocycles. The third-order valence-corrected chi connectivity index (χ3v) is 4.62. The number of aromatic nitrogens is 1. The number of nitrogens with zero attached hydrogens (tertiary/aromatic N) is 1. The Bertz CT molecular complexity index is 703. The molecule has 24 heavy (non-hydrogen) atoms. The van der Waals surface area contributed by atoms with Crippen LogP contribution in [0.4, 0.5) is 0 Å². The number of carbonyl (C=O) groups is 1. The van der Waals surface area contributed by atoms with Crippen molar-refractivity contribution >= 4 is 53.2 Å². The van der Waals surface area contributed by atoms with Crippen molar-refractivity contribution in [3.05, 3.63) is 41.0 Å². The van der Waals surface area contributed by atoms with Crippen LogP contribution in [0.3, 0.4) is 0 Å². The number of carbonyl (C=O) groups excluding carboxylic acids is 1. The summed E-state index contributed by atoms with van der Waals surface area (Å²) in [5.74, 6) is -0.106. The zero-order valence-electron chi connectivity index (χ0n) is 13.5. The Kier molecular flexibility index (Phi) is 7.74. The lowest BCUT2D eigenvalue weighted by atomic mass is 9.81. The monoisotopic (exact) mass is 389 g/mol. The number of hydrogen-bond acceptors (Lipinski definition) is 3. The van der Waals surface area contributed by atoms with E-state index in [0.29, 0.717) is 22.6 Å². The summed E-state index contributed by atoms with van der Waals surface area (Å²) in [4.78, 5) is 16.9. The summed E-state index contributed by atoms with van der Waals surface area (Å²) in [5, 5.41) is 7.85. The van der Waals surface area contributed by atoms with Crippen molar-refractivity contribution in [2.75, 3.05) is 19.6 Å². The van der Waals surface area contributed by atoms with Gasteiger partial charge in [0.1, 0.15) is 0 Å². The minimum atomic E-state index is -0.106. The first-order valence-corrected chi connectivity index (χ1v) is 7.98. The first kappa shape index (κ1) is 21.0. The maximum absolute atomic E-state index is 12.6. The normalized spacial score (nSPS) is 15.9. The summed E-state index contributed by atoms with van der Waals surface area (Å²) in [7, 11) is 0. The lowest BCUT2D eigenvalue weighted by Crippen LogP contribution is -2.42. The molecule has 0 spiro atoms. The molecule has 7 heteroatoms. The highest BCUT2D eigenvalue weighted by atomic mass is 35.5. The molecular weight excluding hydrogens is 369 g/mol. The van der Waals surface area contributed by atoms with Gasteiger partial charge >= 0.3 is 0 Å². The SMILES string of the molecule is CC1(CNC(=O)c2cc(Cl)cc3cccnc23)CCNCC1.Cl.Cl. The molecule has 3 rings (SSSR count). The summed E-state index contributed by atoms with van der Waals surface area (Å²) in [5.41, 5.74) is 1.39. The quantitative estimate of drug-likeness (QED) is 0.837. The number of pyridine rings is 1. The highest BCUT2D eigenvalue weighted by Crippen LogP contribution is 2.27. The second kappa shape index (κ2) is 8.86. The molecule has 1 amide bonds. The van der Waals surface area contributed by atoms with Crippen LogP contribution in [-0.2, 0) is 0 Å². The predicted octanol–water partition coefficient (Wildman–Crippen LogP) is 3.85. The molecule has 1 aromatic heterocycles. The van der Waals surface area contributed by atoms with E-state index in [0.717, 1.165) is 31.3 Å². The van der Waals surface area contributed by atoms with Gasteiger partial charge in [0.2, 0.25) is 0 Å². The Hall–Kier alpha value is -1.07. The van der Waals surface area contributed by atoms with Gasteiger partial charge in [-0.3, -0.25) is 9.78 Å². The molecule has 0 radical (unpaired) electrons. The van der Waals surface area contributed by atoms with E-state index in [1.165, 1.54) is 0 Å². The van der Waals surface area contributed by atoms with E-state index in [-0.39, 0.29) is 36.1 Å². The van der Waals surface area contributed by atoms with Crippen molar-refractivity contribution in [1.82, 2.24) is 15.6 Å². The second-order valence-corrected chi connectivity index (χ2v) is 6.71. The molecule has 2 N–H and O–H groups in total.